The van der Waals surface area contributed by atoms with E-state index in [0.29, 0.717) is 17.5 Å². The second-order valence-corrected chi connectivity index (χ2v) is 8.09. The summed E-state index contributed by atoms with van der Waals surface area (Å²) in [5, 5.41) is 0. The lowest BCUT2D eigenvalue weighted by Gasteiger charge is -2.41. The summed E-state index contributed by atoms with van der Waals surface area (Å²) in [5.74, 6) is 0. The van der Waals surface area contributed by atoms with Crippen molar-refractivity contribution in [3.8, 4) is 0 Å². The first-order chi connectivity index (χ1) is 12.3. The van der Waals surface area contributed by atoms with Crippen LogP contribution in [0.2, 0.25) is 0 Å². The minimum Gasteiger partial charge on any atom is -0.383 e. The number of aromatic nitrogens is 1. The van der Waals surface area contributed by atoms with E-state index in [1.165, 1.54) is 51.0 Å². The summed E-state index contributed by atoms with van der Waals surface area (Å²) in [6.45, 7) is 7.29. The lowest BCUT2D eigenvalue weighted by atomic mass is 9.76. The number of pyridine rings is 1. The van der Waals surface area contributed by atoms with Gasteiger partial charge in [-0.05, 0) is 56.3 Å². The molecule has 4 heterocycles. The van der Waals surface area contributed by atoms with Crippen molar-refractivity contribution in [2.45, 2.75) is 44.3 Å². The molecule has 0 radical (unpaired) electrons. The molecule has 0 aliphatic carbocycles. The van der Waals surface area contributed by atoms with Gasteiger partial charge in [0.05, 0.1) is 18.9 Å². The van der Waals surface area contributed by atoms with E-state index in [4.69, 9.17) is 9.47 Å². The van der Waals surface area contributed by atoms with Crippen LogP contribution in [0.3, 0.4) is 0 Å². The molecule has 1 spiro atoms. The fraction of sp³-hybridized carbons (Fsp3) is 0.750. The third-order valence-corrected chi connectivity index (χ3v) is 6.45. The Bertz CT molecular complexity index is 539. The fourth-order valence-corrected chi connectivity index (χ4v) is 5.03. The zero-order chi connectivity index (χ0) is 17.1. The second-order valence-electron chi connectivity index (χ2n) is 8.09. The van der Waals surface area contributed by atoms with Crippen molar-refractivity contribution in [3.05, 3.63) is 30.1 Å². The van der Waals surface area contributed by atoms with E-state index >= 15 is 0 Å². The second kappa shape index (κ2) is 7.70. The lowest BCUT2D eigenvalue weighted by Crippen LogP contribution is -2.46. The number of hydrogen-bond acceptors (Lipinski definition) is 5. The van der Waals surface area contributed by atoms with Crippen molar-refractivity contribution in [1.82, 2.24) is 14.8 Å². The van der Waals surface area contributed by atoms with Crippen molar-refractivity contribution < 1.29 is 9.47 Å². The van der Waals surface area contributed by atoms with E-state index < -0.39 is 0 Å². The first-order valence-corrected chi connectivity index (χ1v) is 9.73. The predicted octanol–water partition coefficient (Wildman–Crippen LogP) is 2.17. The lowest BCUT2D eigenvalue weighted by molar-refractivity contribution is 0.0677. The van der Waals surface area contributed by atoms with Crippen molar-refractivity contribution in [3.63, 3.8) is 0 Å². The Kier molecular flexibility index (Phi) is 5.36. The molecule has 3 aliphatic rings. The van der Waals surface area contributed by atoms with Crippen LogP contribution in [-0.2, 0) is 16.0 Å². The van der Waals surface area contributed by atoms with E-state index in [1.54, 1.807) is 0 Å². The van der Waals surface area contributed by atoms with Crippen LogP contribution in [-0.4, -0.2) is 73.4 Å². The molecular weight excluding hydrogens is 314 g/mol. The van der Waals surface area contributed by atoms with E-state index in [0.717, 1.165) is 26.4 Å². The highest BCUT2D eigenvalue weighted by molar-refractivity contribution is 5.06. The van der Waals surface area contributed by atoms with Crippen molar-refractivity contribution in [2.24, 2.45) is 5.41 Å². The van der Waals surface area contributed by atoms with Gasteiger partial charge in [-0.25, -0.2) is 0 Å². The summed E-state index contributed by atoms with van der Waals surface area (Å²) in [7, 11) is 1.83. The van der Waals surface area contributed by atoms with Gasteiger partial charge in [0.2, 0.25) is 0 Å². The van der Waals surface area contributed by atoms with Crippen LogP contribution >= 0.6 is 0 Å². The topological polar surface area (TPSA) is 37.8 Å². The molecular formula is C20H31N3O2. The van der Waals surface area contributed by atoms with Gasteiger partial charge >= 0.3 is 0 Å². The molecule has 138 valence electrons. The summed E-state index contributed by atoms with van der Waals surface area (Å²) in [4.78, 5) is 9.81. The Labute approximate surface area is 151 Å². The first-order valence-electron chi connectivity index (χ1n) is 9.73. The molecule has 2 atom stereocenters. The van der Waals surface area contributed by atoms with Gasteiger partial charge in [0.15, 0.2) is 0 Å². The molecule has 3 saturated heterocycles. The largest absolute Gasteiger partial charge is 0.383 e. The molecule has 0 N–H and O–H groups in total. The van der Waals surface area contributed by atoms with E-state index in [2.05, 4.69) is 26.9 Å². The molecule has 0 unspecified atom stereocenters. The van der Waals surface area contributed by atoms with E-state index in [1.807, 2.05) is 19.4 Å². The maximum atomic E-state index is 5.59. The summed E-state index contributed by atoms with van der Waals surface area (Å²) in [6, 6.07) is 7.40. The molecule has 25 heavy (non-hydrogen) atoms. The van der Waals surface area contributed by atoms with Gasteiger partial charge in [0.1, 0.15) is 0 Å². The van der Waals surface area contributed by atoms with Crippen molar-refractivity contribution >= 4 is 0 Å². The van der Waals surface area contributed by atoms with Crippen LogP contribution in [0.15, 0.2) is 24.4 Å². The van der Waals surface area contributed by atoms with Gasteiger partial charge in [-0.1, -0.05) is 6.07 Å². The molecule has 5 heteroatoms. The number of methoxy groups -OCH3 is 1. The Morgan fingerprint density at radius 1 is 1.32 bits per heavy atom. The number of nitrogens with zero attached hydrogens (tertiary/aromatic N) is 3. The zero-order valence-corrected chi connectivity index (χ0v) is 15.4. The summed E-state index contributed by atoms with van der Waals surface area (Å²) < 4.78 is 11.1. The van der Waals surface area contributed by atoms with Crippen LogP contribution in [0.5, 0.6) is 0 Å². The van der Waals surface area contributed by atoms with Crippen LogP contribution in [0, 0.1) is 5.41 Å². The van der Waals surface area contributed by atoms with Crippen LogP contribution in [0.4, 0.5) is 0 Å². The highest BCUT2D eigenvalue weighted by Gasteiger charge is 2.46. The van der Waals surface area contributed by atoms with Gasteiger partial charge in [-0.3, -0.25) is 14.8 Å². The number of likely N-dealkylation sites (tertiary alicyclic amines) is 2. The summed E-state index contributed by atoms with van der Waals surface area (Å²) in [6.07, 6.45) is 6.99. The SMILES string of the molecule is COC[C@@H]1CC2(CCN([C@H]3CCOC3)CC2)CN1Cc1ccccn1. The van der Waals surface area contributed by atoms with Gasteiger partial charge < -0.3 is 9.47 Å². The molecule has 0 aromatic carbocycles. The average Bonchev–Trinajstić information content (AvgIpc) is 3.27. The minimum atomic E-state index is 0.466. The summed E-state index contributed by atoms with van der Waals surface area (Å²) in [5.41, 5.74) is 1.63. The molecule has 0 amide bonds. The van der Waals surface area contributed by atoms with Crippen LogP contribution < -0.4 is 0 Å². The molecule has 0 saturated carbocycles. The van der Waals surface area contributed by atoms with Crippen molar-refractivity contribution in [1.29, 1.82) is 0 Å². The van der Waals surface area contributed by atoms with Gasteiger partial charge in [-0.15, -0.1) is 0 Å². The Morgan fingerprint density at radius 2 is 2.20 bits per heavy atom. The van der Waals surface area contributed by atoms with Crippen LogP contribution in [0.25, 0.3) is 0 Å². The van der Waals surface area contributed by atoms with Gasteiger partial charge in [-0.2, -0.15) is 0 Å². The Balaban J connectivity index is 1.39. The highest BCUT2D eigenvalue weighted by atomic mass is 16.5. The molecule has 1 aromatic heterocycles. The van der Waals surface area contributed by atoms with Crippen molar-refractivity contribution in [2.75, 3.05) is 46.6 Å². The third kappa shape index (κ3) is 3.90. The maximum absolute atomic E-state index is 5.59. The number of piperidine rings is 1. The monoisotopic (exact) mass is 345 g/mol. The summed E-state index contributed by atoms with van der Waals surface area (Å²) >= 11 is 0. The predicted molar refractivity (Wildman–Crippen MR) is 97.4 cm³/mol. The van der Waals surface area contributed by atoms with Gasteiger partial charge in [0, 0.05) is 45.1 Å². The number of ether oxygens (including phenoxy) is 2. The number of hydrogen-bond donors (Lipinski definition) is 0. The smallest absolute Gasteiger partial charge is 0.0622 e. The van der Waals surface area contributed by atoms with E-state index in [-0.39, 0.29) is 0 Å². The fourth-order valence-electron chi connectivity index (χ4n) is 5.03. The Morgan fingerprint density at radius 3 is 2.88 bits per heavy atom. The molecule has 4 rings (SSSR count). The molecule has 3 fully saturated rings. The molecule has 1 aromatic rings. The third-order valence-electron chi connectivity index (χ3n) is 6.45. The quantitative estimate of drug-likeness (QED) is 0.818. The highest BCUT2D eigenvalue weighted by Crippen LogP contribution is 2.44. The zero-order valence-electron chi connectivity index (χ0n) is 15.4. The maximum Gasteiger partial charge on any atom is 0.0622 e. The van der Waals surface area contributed by atoms with Crippen LogP contribution in [0.1, 0.15) is 31.4 Å². The van der Waals surface area contributed by atoms with E-state index in [9.17, 15) is 0 Å². The average molecular weight is 345 g/mol. The van der Waals surface area contributed by atoms with Gasteiger partial charge in [0.25, 0.3) is 0 Å². The number of rotatable bonds is 5. The Hall–Kier alpha value is -1.01. The molecule has 0 bridgehead atoms. The molecule has 3 aliphatic heterocycles. The molecule has 5 nitrogen and oxygen atoms in total. The standard InChI is InChI=1S/C20H31N3O2/c1-24-14-19-12-20(16-23(19)13-17-4-2-3-8-21-17)6-9-22(10-7-20)18-5-11-25-15-18/h2-4,8,18-19H,5-7,9-16H2,1H3/t18-,19-/m0/s1. The normalized spacial score (nSPS) is 30.3. The first kappa shape index (κ1) is 17.4. The minimum absolute atomic E-state index is 0.466.